The molecule has 0 saturated heterocycles. The molecule has 4 aliphatic carbocycles. The second kappa shape index (κ2) is 24.7. The van der Waals surface area contributed by atoms with Crippen molar-refractivity contribution < 1.29 is 8.98 Å². The summed E-state index contributed by atoms with van der Waals surface area (Å²) in [4.78, 5) is 20.3. The fourth-order valence-electron chi connectivity index (χ4n) is 12.5. The molecule has 0 spiro atoms. The maximum atomic E-state index is 16.2. The van der Waals surface area contributed by atoms with E-state index < -0.39 is 10.3 Å². The first-order chi connectivity index (χ1) is 30.3. The highest BCUT2D eigenvalue weighted by Gasteiger charge is 2.57. The zero-order valence-corrected chi connectivity index (χ0v) is 41.7. The topological polar surface area (TPSA) is 26.3 Å². The van der Waals surface area contributed by atoms with E-state index in [1.54, 1.807) is 0 Å². The predicted octanol–water partition coefficient (Wildman–Crippen LogP) is 18.0. The van der Waals surface area contributed by atoms with Crippen molar-refractivity contribution in [2.45, 2.75) is 249 Å². The molecule has 3 heteroatoms. The van der Waals surface area contributed by atoms with Crippen LogP contribution in [0.1, 0.15) is 229 Å². The van der Waals surface area contributed by atoms with Crippen molar-refractivity contribution in [2.75, 3.05) is 0 Å². The van der Waals surface area contributed by atoms with E-state index in [2.05, 4.69) is 96.1 Å². The zero-order chi connectivity index (χ0) is 43.8. The Bertz CT molecular complexity index is 1630. The number of carbonyl (C=O) groups is 1. The lowest BCUT2D eigenvalue weighted by Gasteiger charge is -2.56. The highest BCUT2D eigenvalue weighted by molar-refractivity contribution is 8.30. The SMILES string of the molecule is CCCCCc1cc(CCCCC)c(S(OC(=O)C23CC4CC(CC(C4)C2)C3)(c2ccccc2)c2c(CCCCC)cc(CCCCC)cc2CCCCC)c(CCCCC)c1. The van der Waals surface area contributed by atoms with Crippen LogP contribution in [-0.4, -0.2) is 5.97 Å². The third-order valence-electron chi connectivity index (χ3n) is 15.3. The molecule has 62 heavy (non-hydrogen) atoms. The van der Waals surface area contributed by atoms with Gasteiger partial charge < -0.3 is 4.18 Å². The molecule has 4 saturated carbocycles. The molecule has 4 fully saturated rings. The van der Waals surface area contributed by atoms with Crippen molar-refractivity contribution in [1.29, 1.82) is 0 Å². The van der Waals surface area contributed by atoms with Crippen molar-refractivity contribution in [3.8, 4) is 0 Å². The van der Waals surface area contributed by atoms with Crippen LogP contribution in [0.2, 0.25) is 0 Å². The van der Waals surface area contributed by atoms with Gasteiger partial charge in [-0.05, 0) is 189 Å². The first-order valence-electron chi connectivity index (χ1n) is 26.8. The Balaban J connectivity index is 1.72. The summed E-state index contributed by atoms with van der Waals surface area (Å²) in [6.45, 7) is 14.0. The third kappa shape index (κ3) is 12.0. The van der Waals surface area contributed by atoms with E-state index in [0.717, 1.165) is 57.8 Å². The van der Waals surface area contributed by atoms with E-state index in [0.29, 0.717) is 17.8 Å². The van der Waals surface area contributed by atoms with E-state index in [1.165, 1.54) is 183 Å². The number of hydrogen-bond donors (Lipinski definition) is 0. The van der Waals surface area contributed by atoms with Gasteiger partial charge in [0.2, 0.25) is 0 Å². The van der Waals surface area contributed by atoms with Crippen molar-refractivity contribution in [1.82, 2.24) is 0 Å². The third-order valence-corrected chi connectivity index (χ3v) is 18.8. The molecule has 0 amide bonds. The Morgan fingerprint density at radius 3 is 1.13 bits per heavy atom. The average Bonchev–Trinajstić information content (AvgIpc) is 3.26. The summed E-state index contributed by atoms with van der Waals surface area (Å²) in [5, 5.41) is 0. The summed E-state index contributed by atoms with van der Waals surface area (Å²) < 4.78 is 8.19. The number of benzene rings is 3. The lowest BCUT2D eigenvalue weighted by atomic mass is 9.49. The summed E-state index contributed by atoms with van der Waals surface area (Å²) in [5.41, 5.74) is 8.61. The number of unbranched alkanes of at least 4 members (excludes halogenated alkanes) is 12. The van der Waals surface area contributed by atoms with Crippen molar-refractivity contribution in [3.05, 3.63) is 88.0 Å². The summed E-state index contributed by atoms with van der Waals surface area (Å²) in [6.07, 6.45) is 35.4. The number of carbonyl (C=O) groups excluding carboxylic acids is 1. The molecular weight excluding hydrogens is 773 g/mol. The van der Waals surface area contributed by atoms with Crippen LogP contribution < -0.4 is 0 Å². The largest absolute Gasteiger partial charge is 0.401 e. The molecule has 0 aromatic heterocycles. The Labute approximate surface area is 383 Å². The van der Waals surface area contributed by atoms with E-state index in [1.807, 2.05) is 0 Å². The van der Waals surface area contributed by atoms with Crippen LogP contribution in [0, 0.1) is 23.2 Å². The molecule has 3 aromatic carbocycles. The highest BCUT2D eigenvalue weighted by atomic mass is 32.3. The molecule has 0 N–H and O–H groups in total. The molecule has 0 unspecified atom stereocenters. The van der Waals surface area contributed by atoms with E-state index in [4.69, 9.17) is 4.18 Å². The molecule has 344 valence electrons. The Hall–Kier alpha value is -2.52. The Morgan fingerprint density at radius 2 is 0.806 bits per heavy atom. The first-order valence-corrected chi connectivity index (χ1v) is 28.3. The Kier molecular flexibility index (Phi) is 19.5. The maximum absolute atomic E-state index is 16.2. The Morgan fingerprint density at radius 1 is 0.484 bits per heavy atom. The van der Waals surface area contributed by atoms with Gasteiger partial charge in [0, 0.05) is 14.7 Å². The van der Waals surface area contributed by atoms with E-state index in [9.17, 15) is 0 Å². The minimum atomic E-state index is -2.53. The maximum Gasteiger partial charge on any atom is 0.323 e. The normalized spacial score (nSPS) is 20.8. The molecule has 0 atom stereocenters. The molecule has 3 aromatic rings. The molecule has 0 heterocycles. The molecule has 4 bridgehead atoms. The van der Waals surface area contributed by atoms with Gasteiger partial charge in [0.05, 0.1) is 5.41 Å². The average molecular weight is 863 g/mol. The van der Waals surface area contributed by atoms with Gasteiger partial charge in [-0.1, -0.05) is 161 Å². The lowest BCUT2D eigenvalue weighted by molar-refractivity contribution is -0.160. The van der Waals surface area contributed by atoms with Gasteiger partial charge in [-0.2, -0.15) is 0 Å². The van der Waals surface area contributed by atoms with Gasteiger partial charge in [0.25, 0.3) is 0 Å². The van der Waals surface area contributed by atoms with Gasteiger partial charge in [-0.25, -0.2) is 0 Å². The van der Waals surface area contributed by atoms with Crippen LogP contribution in [0.5, 0.6) is 0 Å². The molecule has 0 radical (unpaired) electrons. The van der Waals surface area contributed by atoms with Gasteiger partial charge in [-0.15, -0.1) is 0 Å². The smallest absolute Gasteiger partial charge is 0.323 e. The quantitative estimate of drug-likeness (QED) is 0.0650. The number of rotatable bonds is 29. The lowest BCUT2D eigenvalue weighted by Crippen LogP contribution is -2.50. The summed E-state index contributed by atoms with van der Waals surface area (Å²) in [5.74, 6) is 2.21. The van der Waals surface area contributed by atoms with Crippen LogP contribution in [-0.2, 0) is 47.5 Å². The van der Waals surface area contributed by atoms with Crippen LogP contribution >= 0.6 is 10.3 Å². The van der Waals surface area contributed by atoms with E-state index >= 15 is 4.79 Å². The predicted molar refractivity (Wildman–Crippen MR) is 268 cm³/mol. The first kappa shape index (κ1) is 48.9. The molecule has 2 nitrogen and oxygen atoms in total. The summed E-state index contributed by atoms with van der Waals surface area (Å²) >= 11 is 0. The minimum absolute atomic E-state index is 0.160. The van der Waals surface area contributed by atoms with Crippen LogP contribution in [0.4, 0.5) is 0 Å². The van der Waals surface area contributed by atoms with Crippen LogP contribution in [0.3, 0.4) is 0 Å². The van der Waals surface area contributed by atoms with E-state index in [-0.39, 0.29) is 11.4 Å². The fraction of sp³-hybridized carbons (Fsp3) is 0.678. The van der Waals surface area contributed by atoms with Gasteiger partial charge >= 0.3 is 5.97 Å². The van der Waals surface area contributed by atoms with Gasteiger partial charge in [-0.3, -0.25) is 4.79 Å². The van der Waals surface area contributed by atoms with Gasteiger partial charge in [0.1, 0.15) is 0 Å². The van der Waals surface area contributed by atoms with Crippen molar-refractivity contribution in [2.24, 2.45) is 23.2 Å². The standard InChI is InChI=1S/C59H90O2S/c1-7-13-20-28-46-39-51(30-22-15-9-3)56(52(40-46)31-23-16-10-4)62(55-34-26-19-27-35-55,61-58(60)59-43-48-36-49(44-59)38-50(37-48)45-59)57-53(32-24-17-11-5)41-47(29-21-14-8-2)42-54(57)33-25-18-12-6/h19,26-27,34-35,39-42,48-50H,7-18,20-25,28-33,36-38,43-45H2,1-6H3. The van der Waals surface area contributed by atoms with Crippen LogP contribution in [0.15, 0.2) is 69.3 Å². The molecule has 7 rings (SSSR count). The molecule has 0 aliphatic heterocycles. The zero-order valence-electron chi connectivity index (χ0n) is 40.9. The fourth-order valence-corrected chi connectivity index (χ4v) is 16.5. The molecular formula is C59H90O2S. The van der Waals surface area contributed by atoms with Crippen LogP contribution in [0.25, 0.3) is 0 Å². The van der Waals surface area contributed by atoms with Gasteiger partial charge in [0.15, 0.2) is 0 Å². The summed E-state index contributed by atoms with van der Waals surface area (Å²) in [6, 6.07) is 22.0. The number of aryl methyl sites for hydroxylation is 6. The second-order valence-electron chi connectivity index (χ2n) is 20.7. The minimum Gasteiger partial charge on any atom is -0.401 e. The van der Waals surface area contributed by atoms with Crippen molar-refractivity contribution >= 4 is 16.3 Å². The number of hydrogen-bond acceptors (Lipinski definition) is 2. The van der Waals surface area contributed by atoms with Crippen molar-refractivity contribution in [3.63, 3.8) is 0 Å². The molecule has 4 aliphatic rings. The monoisotopic (exact) mass is 863 g/mol. The summed E-state index contributed by atoms with van der Waals surface area (Å²) in [7, 11) is -2.53. The highest BCUT2D eigenvalue weighted by Crippen LogP contribution is 2.74. The second-order valence-corrected chi connectivity index (χ2v) is 23.2.